The lowest BCUT2D eigenvalue weighted by molar-refractivity contribution is -0.118. The zero-order chi connectivity index (χ0) is 22.1. The fourth-order valence-corrected chi connectivity index (χ4v) is 8.70. The minimum atomic E-state index is -3.87. The largest absolute Gasteiger partial charge is 0.325 e. The van der Waals surface area contributed by atoms with Crippen molar-refractivity contribution in [2.75, 3.05) is 5.32 Å². The molecule has 1 N–H and O–H groups in total. The van der Waals surface area contributed by atoms with E-state index in [0.717, 1.165) is 12.8 Å². The maximum absolute atomic E-state index is 13.4. The van der Waals surface area contributed by atoms with Gasteiger partial charge in [0.25, 0.3) is 0 Å². The number of hydrogen-bond donors (Lipinski definition) is 1. The molecule has 0 saturated heterocycles. The van der Waals surface area contributed by atoms with E-state index < -0.39 is 30.3 Å². The molecule has 2 aromatic rings. The Morgan fingerprint density at radius 3 is 1.94 bits per heavy atom. The van der Waals surface area contributed by atoms with Gasteiger partial charge in [0.05, 0.1) is 15.0 Å². The minimum Gasteiger partial charge on any atom is -0.325 e. The Morgan fingerprint density at radius 1 is 0.774 bits per heavy atom. The number of benzene rings is 2. The first kappa shape index (κ1) is 22.0. The Labute approximate surface area is 183 Å². The molecule has 2 aliphatic rings. The van der Waals surface area contributed by atoms with Crippen LogP contribution in [-0.4, -0.2) is 32.7 Å². The standard InChI is InChI=1S/C23H27NO5S2/c25-22(23(16-6-7-17-23)31(28,29)21-10-2-1-3-11-21)24-18-12-14-20(15-13-18)30(26,27)19-8-4-5-9-19/h1-3,10-15,19H,4-9,16-17H2,(H,24,25). The second-order valence-electron chi connectivity index (χ2n) is 8.45. The average molecular weight is 462 g/mol. The topological polar surface area (TPSA) is 97.4 Å². The van der Waals surface area contributed by atoms with E-state index in [1.54, 1.807) is 18.2 Å². The molecule has 1 amide bonds. The minimum absolute atomic E-state index is 0.144. The van der Waals surface area contributed by atoms with Crippen LogP contribution >= 0.6 is 0 Å². The van der Waals surface area contributed by atoms with Gasteiger partial charge in [-0.15, -0.1) is 0 Å². The van der Waals surface area contributed by atoms with Gasteiger partial charge in [-0.3, -0.25) is 4.79 Å². The Morgan fingerprint density at radius 2 is 1.35 bits per heavy atom. The van der Waals surface area contributed by atoms with Crippen LogP contribution < -0.4 is 5.32 Å². The Kier molecular flexibility index (Phi) is 5.96. The van der Waals surface area contributed by atoms with E-state index in [0.29, 0.717) is 31.4 Å². The third-order valence-corrected chi connectivity index (χ3v) is 11.4. The molecule has 0 bridgehead atoms. The summed E-state index contributed by atoms with van der Waals surface area (Å²) in [5.74, 6) is -0.555. The lowest BCUT2D eigenvalue weighted by atomic mass is 10.1. The number of sulfone groups is 2. The molecule has 166 valence electrons. The molecule has 0 aromatic heterocycles. The van der Waals surface area contributed by atoms with Crippen molar-refractivity contribution in [2.45, 2.75) is 71.2 Å². The second kappa shape index (κ2) is 8.39. The molecular weight excluding hydrogens is 434 g/mol. The van der Waals surface area contributed by atoms with Gasteiger partial charge < -0.3 is 5.32 Å². The van der Waals surface area contributed by atoms with E-state index in [1.807, 2.05) is 0 Å². The summed E-state index contributed by atoms with van der Waals surface area (Å²) < 4.78 is 50.7. The van der Waals surface area contributed by atoms with E-state index in [1.165, 1.54) is 36.4 Å². The summed E-state index contributed by atoms with van der Waals surface area (Å²) in [5, 5.41) is 2.39. The molecule has 0 unspecified atom stereocenters. The van der Waals surface area contributed by atoms with Crippen molar-refractivity contribution in [3.05, 3.63) is 54.6 Å². The van der Waals surface area contributed by atoms with E-state index in [4.69, 9.17) is 0 Å². The lowest BCUT2D eigenvalue weighted by Crippen LogP contribution is -2.47. The number of hydrogen-bond acceptors (Lipinski definition) is 5. The normalized spacial score (nSPS) is 19.4. The Hall–Kier alpha value is -2.19. The van der Waals surface area contributed by atoms with Gasteiger partial charge >= 0.3 is 0 Å². The van der Waals surface area contributed by atoms with Crippen LogP contribution in [-0.2, 0) is 24.5 Å². The van der Waals surface area contributed by atoms with Crippen molar-refractivity contribution in [2.24, 2.45) is 0 Å². The molecule has 2 aliphatic carbocycles. The van der Waals surface area contributed by atoms with Crippen LogP contribution in [0.4, 0.5) is 5.69 Å². The SMILES string of the molecule is O=C(Nc1ccc(S(=O)(=O)C2CCCC2)cc1)C1(S(=O)(=O)c2ccccc2)CCCC1. The Balaban J connectivity index is 1.58. The molecule has 0 radical (unpaired) electrons. The van der Waals surface area contributed by atoms with Gasteiger partial charge in [-0.05, 0) is 62.1 Å². The number of carbonyl (C=O) groups excluding carboxylic acids is 1. The maximum atomic E-state index is 13.4. The molecule has 2 aromatic carbocycles. The molecule has 0 heterocycles. The smallest absolute Gasteiger partial charge is 0.246 e. The van der Waals surface area contributed by atoms with E-state index >= 15 is 0 Å². The first-order valence-electron chi connectivity index (χ1n) is 10.7. The summed E-state index contributed by atoms with van der Waals surface area (Å²) >= 11 is 0. The summed E-state index contributed by atoms with van der Waals surface area (Å²) in [4.78, 5) is 13.6. The molecule has 8 heteroatoms. The molecule has 0 aliphatic heterocycles. The number of nitrogens with one attached hydrogen (secondary N) is 1. The summed E-state index contributed by atoms with van der Waals surface area (Å²) in [6.45, 7) is 0. The van der Waals surface area contributed by atoms with E-state index in [2.05, 4.69) is 5.32 Å². The highest BCUT2D eigenvalue weighted by atomic mass is 32.2. The third kappa shape index (κ3) is 3.91. The van der Waals surface area contributed by atoms with Crippen LogP contribution in [0.3, 0.4) is 0 Å². The summed E-state index contributed by atoms with van der Waals surface area (Å²) in [6, 6.07) is 14.1. The predicted molar refractivity (Wildman–Crippen MR) is 119 cm³/mol. The van der Waals surface area contributed by atoms with Gasteiger partial charge in [-0.25, -0.2) is 16.8 Å². The van der Waals surface area contributed by atoms with Crippen LogP contribution in [0, 0.1) is 0 Å². The van der Waals surface area contributed by atoms with Crippen LogP contribution in [0.25, 0.3) is 0 Å². The van der Waals surface area contributed by atoms with E-state index in [9.17, 15) is 21.6 Å². The quantitative estimate of drug-likeness (QED) is 0.698. The van der Waals surface area contributed by atoms with Gasteiger partial charge in [-0.2, -0.15) is 0 Å². The maximum Gasteiger partial charge on any atom is 0.246 e. The first-order valence-corrected chi connectivity index (χ1v) is 13.8. The van der Waals surface area contributed by atoms with Crippen molar-refractivity contribution in [3.8, 4) is 0 Å². The van der Waals surface area contributed by atoms with Gasteiger partial charge in [0.2, 0.25) is 5.91 Å². The van der Waals surface area contributed by atoms with Crippen LogP contribution in [0.1, 0.15) is 51.4 Å². The molecule has 2 fully saturated rings. The van der Waals surface area contributed by atoms with Crippen molar-refractivity contribution in [3.63, 3.8) is 0 Å². The molecule has 31 heavy (non-hydrogen) atoms. The molecule has 0 spiro atoms. The second-order valence-corrected chi connectivity index (χ2v) is 12.9. The zero-order valence-corrected chi connectivity index (χ0v) is 18.9. The lowest BCUT2D eigenvalue weighted by Gasteiger charge is -2.27. The monoisotopic (exact) mass is 461 g/mol. The van der Waals surface area contributed by atoms with Gasteiger partial charge in [0.15, 0.2) is 24.4 Å². The number of anilines is 1. The van der Waals surface area contributed by atoms with Crippen molar-refractivity contribution >= 4 is 31.3 Å². The van der Waals surface area contributed by atoms with E-state index in [-0.39, 0.29) is 27.9 Å². The van der Waals surface area contributed by atoms with Crippen molar-refractivity contribution in [1.29, 1.82) is 0 Å². The number of carbonyl (C=O) groups is 1. The third-order valence-electron chi connectivity index (χ3n) is 6.57. The highest BCUT2D eigenvalue weighted by molar-refractivity contribution is 7.93. The fourth-order valence-electron chi connectivity index (χ4n) is 4.75. The molecular formula is C23H27NO5S2. The molecule has 0 atom stereocenters. The number of rotatable bonds is 6. The molecule has 4 rings (SSSR count). The first-order chi connectivity index (χ1) is 14.8. The highest BCUT2D eigenvalue weighted by Crippen LogP contribution is 2.41. The van der Waals surface area contributed by atoms with Crippen LogP contribution in [0.15, 0.2) is 64.4 Å². The van der Waals surface area contributed by atoms with Gasteiger partial charge in [0, 0.05) is 5.69 Å². The Bertz CT molecular complexity index is 1140. The summed E-state index contributed by atoms with van der Waals surface area (Å²) in [7, 11) is -7.25. The zero-order valence-electron chi connectivity index (χ0n) is 17.3. The van der Waals surface area contributed by atoms with Crippen molar-refractivity contribution in [1.82, 2.24) is 0 Å². The predicted octanol–water partition coefficient (Wildman–Crippen LogP) is 4.13. The number of amides is 1. The molecule has 6 nitrogen and oxygen atoms in total. The molecule has 2 saturated carbocycles. The summed E-state index contributed by atoms with van der Waals surface area (Å²) in [6.07, 6.45) is 5.08. The van der Waals surface area contributed by atoms with Crippen molar-refractivity contribution < 1.29 is 21.6 Å². The van der Waals surface area contributed by atoms with Gasteiger partial charge in [-0.1, -0.05) is 43.9 Å². The van der Waals surface area contributed by atoms with Crippen LogP contribution in [0.5, 0.6) is 0 Å². The fraction of sp³-hybridized carbons (Fsp3) is 0.435. The average Bonchev–Trinajstić information content (AvgIpc) is 3.48. The van der Waals surface area contributed by atoms with Gasteiger partial charge in [0.1, 0.15) is 0 Å². The summed E-state index contributed by atoms with van der Waals surface area (Å²) in [5.41, 5.74) is 0.393. The highest BCUT2D eigenvalue weighted by Gasteiger charge is 2.52. The van der Waals surface area contributed by atoms with Crippen LogP contribution in [0.2, 0.25) is 0 Å².